The molecule has 1 fully saturated rings. The molecule has 1 saturated heterocycles. The molecule has 0 aromatic heterocycles. The summed E-state index contributed by atoms with van der Waals surface area (Å²) in [7, 11) is -3.72. The Labute approximate surface area is 121 Å². The maximum absolute atomic E-state index is 11.5. The second kappa shape index (κ2) is 5.61. The Hall–Kier alpha value is -1.27. The molecule has 4 N–H and O–H groups in total. The molecule has 0 saturated carbocycles. The fourth-order valence-corrected chi connectivity index (χ4v) is 3.36. The zero-order valence-electron chi connectivity index (χ0n) is 12.0. The Morgan fingerprint density at radius 2 is 1.80 bits per heavy atom. The average molecular weight is 297 g/mol. The molecule has 5 nitrogen and oxygen atoms in total. The van der Waals surface area contributed by atoms with Gasteiger partial charge in [0, 0.05) is 24.5 Å². The van der Waals surface area contributed by atoms with Gasteiger partial charge in [-0.15, -0.1) is 0 Å². The minimum Gasteiger partial charge on any atom is -0.399 e. The van der Waals surface area contributed by atoms with Crippen molar-refractivity contribution in [1.82, 2.24) is 0 Å². The Bertz CT molecular complexity index is 576. The lowest BCUT2D eigenvalue weighted by Gasteiger charge is -2.35. The Morgan fingerprint density at radius 1 is 1.20 bits per heavy atom. The first-order valence-electron chi connectivity index (χ1n) is 6.95. The number of primary sulfonamides is 1. The van der Waals surface area contributed by atoms with Gasteiger partial charge < -0.3 is 10.6 Å². The fraction of sp³-hybridized carbons (Fsp3) is 0.571. The number of benzene rings is 1. The van der Waals surface area contributed by atoms with E-state index in [2.05, 4.69) is 18.7 Å². The predicted octanol–water partition coefficient (Wildman–Crippen LogP) is 1.79. The lowest BCUT2D eigenvalue weighted by Crippen LogP contribution is -2.35. The number of anilines is 2. The van der Waals surface area contributed by atoms with Gasteiger partial charge in [0.05, 0.1) is 4.90 Å². The summed E-state index contributed by atoms with van der Waals surface area (Å²) in [6.45, 7) is 6.35. The number of hydrogen-bond donors (Lipinski definition) is 2. The smallest absolute Gasteiger partial charge is 0.238 e. The third-order valence-corrected chi connectivity index (χ3v) is 4.98. The minimum absolute atomic E-state index is 0.0819. The maximum Gasteiger partial charge on any atom is 0.238 e. The third-order valence-electron chi connectivity index (χ3n) is 4.09. The highest BCUT2D eigenvalue weighted by Crippen LogP contribution is 2.30. The average Bonchev–Trinajstić information content (AvgIpc) is 2.37. The van der Waals surface area contributed by atoms with Crippen molar-refractivity contribution in [2.75, 3.05) is 23.7 Å². The van der Waals surface area contributed by atoms with Crippen LogP contribution < -0.4 is 15.8 Å². The fourth-order valence-electron chi connectivity index (χ4n) is 2.78. The van der Waals surface area contributed by atoms with Crippen LogP contribution in [0.25, 0.3) is 0 Å². The predicted molar refractivity (Wildman–Crippen MR) is 82.0 cm³/mol. The molecule has 0 aliphatic carbocycles. The van der Waals surface area contributed by atoms with Crippen molar-refractivity contribution < 1.29 is 8.42 Å². The number of nitrogens with zero attached hydrogens (tertiary/aromatic N) is 1. The van der Waals surface area contributed by atoms with E-state index in [-0.39, 0.29) is 4.90 Å². The highest BCUT2D eigenvalue weighted by atomic mass is 32.2. The van der Waals surface area contributed by atoms with Gasteiger partial charge in [0.1, 0.15) is 0 Å². The van der Waals surface area contributed by atoms with E-state index in [1.165, 1.54) is 6.07 Å². The quantitative estimate of drug-likeness (QED) is 0.832. The number of piperidine rings is 1. The summed E-state index contributed by atoms with van der Waals surface area (Å²) < 4.78 is 22.9. The SMILES string of the molecule is CC(C)C1CCN(c2cc(N)cc(S(N)(=O)=O)c2)CC1. The molecule has 1 heterocycles. The number of sulfonamides is 1. The molecule has 0 atom stereocenters. The maximum atomic E-state index is 11.5. The highest BCUT2D eigenvalue weighted by Gasteiger charge is 2.22. The molecule has 1 aliphatic heterocycles. The van der Waals surface area contributed by atoms with E-state index >= 15 is 0 Å². The summed E-state index contributed by atoms with van der Waals surface area (Å²) >= 11 is 0. The van der Waals surface area contributed by atoms with Gasteiger partial charge in [-0.05, 0) is 42.9 Å². The molecular formula is C14H23N3O2S. The second-order valence-electron chi connectivity index (χ2n) is 5.87. The van der Waals surface area contributed by atoms with Crippen molar-refractivity contribution in [3.8, 4) is 0 Å². The van der Waals surface area contributed by atoms with E-state index in [9.17, 15) is 8.42 Å². The van der Waals surface area contributed by atoms with Crippen LogP contribution in [0, 0.1) is 11.8 Å². The normalized spacial score (nSPS) is 17.7. The van der Waals surface area contributed by atoms with Crippen molar-refractivity contribution in [1.29, 1.82) is 0 Å². The molecule has 0 amide bonds. The van der Waals surface area contributed by atoms with Gasteiger partial charge in [-0.25, -0.2) is 13.6 Å². The first-order valence-corrected chi connectivity index (χ1v) is 8.50. The van der Waals surface area contributed by atoms with Crippen molar-refractivity contribution in [3.05, 3.63) is 18.2 Å². The van der Waals surface area contributed by atoms with Crippen LogP contribution in [0.3, 0.4) is 0 Å². The Balaban J connectivity index is 2.20. The third kappa shape index (κ3) is 3.43. The number of rotatable bonds is 3. The van der Waals surface area contributed by atoms with Crippen LogP contribution in [0.5, 0.6) is 0 Å². The van der Waals surface area contributed by atoms with Crippen LogP contribution in [0.2, 0.25) is 0 Å². The van der Waals surface area contributed by atoms with Crippen molar-refractivity contribution >= 4 is 21.4 Å². The van der Waals surface area contributed by atoms with Crippen molar-refractivity contribution in [3.63, 3.8) is 0 Å². The van der Waals surface area contributed by atoms with Gasteiger partial charge in [-0.3, -0.25) is 0 Å². The zero-order valence-corrected chi connectivity index (χ0v) is 12.9. The van der Waals surface area contributed by atoms with E-state index in [1.54, 1.807) is 6.07 Å². The van der Waals surface area contributed by atoms with Crippen LogP contribution in [0.15, 0.2) is 23.1 Å². The molecule has 2 rings (SSSR count). The first kappa shape index (κ1) is 15.1. The number of hydrogen-bond acceptors (Lipinski definition) is 4. The molecule has 1 aromatic rings. The largest absolute Gasteiger partial charge is 0.399 e. The van der Waals surface area contributed by atoms with Crippen LogP contribution in [0.4, 0.5) is 11.4 Å². The minimum atomic E-state index is -3.72. The van der Waals surface area contributed by atoms with Gasteiger partial charge >= 0.3 is 0 Å². The molecule has 0 radical (unpaired) electrons. The molecule has 0 spiro atoms. The van der Waals surface area contributed by atoms with E-state index < -0.39 is 10.0 Å². The first-order chi connectivity index (χ1) is 9.27. The van der Waals surface area contributed by atoms with E-state index in [0.717, 1.165) is 37.5 Å². The van der Waals surface area contributed by atoms with Crippen LogP contribution >= 0.6 is 0 Å². The van der Waals surface area contributed by atoms with Gasteiger partial charge in [0.2, 0.25) is 10.0 Å². The van der Waals surface area contributed by atoms with Crippen LogP contribution in [-0.2, 0) is 10.0 Å². The van der Waals surface area contributed by atoms with Gasteiger partial charge in [0.15, 0.2) is 0 Å². The van der Waals surface area contributed by atoms with Crippen LogP contribution in [-0.4, -0.2) is 21.5 Å². The van der Waals surface area contributed by atoms with Gasteiger partial charge in [-0.1, -0.05) is 13.8 Å². The second-order valence-corrected chi connectivity index (χ2v) is 7.44. The Morgan fingerprint density at radius 3 is 2.30 bits per heavy atom. The molecule has 112 valence electrons. The van der Waals surface area contributed by atoms with Gasteiger partial charge in [0.25, 0.3) is 0 Å². The Kier molecular flexibility index (Phi) is 4.25. The molecule has 1 aromatic carbocycles. The molecular weight excluding hydrogens is 274 g/mol. The number of nitrogen functional groups attached to an aromatic ring is 1. The zero-order chi connectivity index (χ0) is 14.9. The monoisotopic (exact) mass is 297 g/mol. The van der Waals surface area contributed by atoms with E-state index in [4.69, 9.17) is 10.9 Å². The number of nitrogens with two attached hydrogens (primary N) is 2. The van der Waals surface area contributed by atoms with E-state index in [0.29, 0.717) is 11.6 Å². The van der Waals surface area contributed by atoms with Crippen molar-refractivity contribution in [2.24, 2.45) is 17.0 Å². The lowest BCUT2D eigenvalue weighted by molar-refractivity contribution is 0.311. The molecule has 6 heteroatoms. The summed E-state index contributed by atoms with van der Waals surface area (Å²) in [5.74, 6) is 1.43. The van der Waals surface area contributed by atoms with Crippen molar-refractivity contribution in [2.45, 2.75) is 31.6 Å². The highest BCUT2D eigenvalue weighted by molar-refractivity contribution is 7.89. The standard InChI is InChI=1S/C14H23N3O2S/c1-10(2)11-3-5-17(6-4-11)13-7-12(15)8-14(9-13)20(16,18)19/h7-11H,3-6,15H2,1-2H3,(H2,16,18,19). The van der Waals surface area contributed by atoms with Crippen LogP contribution in [0.1, 0.15) is 26.7 Å². The lowest BCUT2D eigenvalue weighted by atomic mass is 9.86. The molecule has 0 bridgehead atoms. The summed E-state index contributed by atoms with van der Waals surface area (Å²) in [5, 5.41) is 5.18. The summed E-state index contributed by atoms with van der Waals surface area (Å²) in [6, 6.07) is 4.82. The van der Waals surface area contributed by atoms with Gasteiger partial charge in [-0.2, -0.15) is 0 Å². The topological polar surface area (TPSA) is 89.4 Å². The summed E-state index contributed by atoms with van der Waals surface area (Å²) in [4.78, 5) is 2.27. The van der Waals surface area contributed by atoms with E-state index in [1.807, 2.05) is 6.07 Å². The molecule has 20 heavy (non-hydrogen) atoms. The molecule has 1 aliphatic rings. The molecule has 0 unspecified atom stereocenters. The summed E-state index contributed by atoms with van der Waals surface area (Å²) in [6.07, 6.45) is 2.24. The summed E-state index contributed by atoms with van der Waals surface area (Å²) in [5.41, 5.74) is 7.06.